The third-order valence-electron chi connectivity index (χ3n) is 3.96. The fourth-order valence-electron chi connectivity index (χ4n) is 2.70. The molecule has 2 rings (SSSR count). The molecule has 1 N–H and O–H groups in total. The predicted molar refractivity (Wildman–Crippen MR) is 73.5 cm³/mol. The molecule has 102 valence electrons. The minimum atomic E-state index is -0.335. The van der Waals surface area contributed by atoms with Gasteiger partial charge in [0.05, 0.1) is 0 Å². The molecule has 0 aromatic rings. The van der Waals surface area contributed by atoms with Crippen molar-refractivity contribution in [3.8, 4) is 0 Å². The molecule has 2 fully saturated rings. The summed E-state index contributed by atoms with van der Waals surface area (Å²) in [5.74, 6) is 1.22. The van der Waals surface area contributed by atoms with E-state index in [-0.39, 0.29) is 28.6 Å². The molecule has 4 nitrogen and oxygen atoms in total. The van der Waals surface area contributed by atoms with Gasteiger partial charge in [-0.2, -0.15) is 11.8 Å². The van der Waals surface area contributed by atoms with Gasteiger partial charge in [0.25, 0.3) is 0 Å². The van der Waals surface area contributed by atoms with E-state index >= 15 is 0 Å². The molecule has 5 heteroatoms. The number of nitrogens with zero attached hydrogens (tertiary/aromatic N) is 1. The molecule has 0 aromatic heterocycles. The molecule has 3 atom stereocenters. The summed E-state index contributed by atoms with van der Waals surface area (Å²) < 4.78 is 0.125. The second-order valence-electron chi connectivity index (χ2n) is 5.51. The molecule has 3 unspecified atom stereocenters. The van der Waals surface area contributed by atoms with E-state index in [1.165, 1.54) is 6.42 Å². The smallest absolute Gasteiger partial charge is 0.245 e. The van der Waals surface area contributed by atoms with Crippen LogP contribution in [0, 0.1) is 0 Å². The lowest BCUT2D eigenvalue weighted by Crippen LogP contribution is -2.64. The summed E-state index contributed by atoms with van der Waals surface area (Å²) in [4.78, 5) is 26.0. The highest BCUT2D eigenvalue weighted by molar-refractivity contribution is 8.00. The topological polar surface area (TPSA) is 49.4 Å². The zero-order valence-electron chi connectivity index (χ0n) is 11.4. The van der Waals surface area contributed by atoms with Crippen LogP contribution < -0.4 is 5.32 Å². The van der Waals surface area contributed by atoms with E-state index in [1.54, 1.807) is 4.90 Å². The number of carbonyl (C=O) groups is 2. The number of thioether (sulfide) groups is 1. The lowest BCUT2D eigenvalue weighted by atomic mass is 10.0. The van der Waals surface area contributed by atoms with Crippen LogP contribution in [0.3, 0.4) is 0 Å². The van der Waals surface area contributed by atoms with Crippen LogP contribution in [0.15, 0.2) is 0 Å². The van der Waals surface area contributed by atoms with Gasteiger partial charge in [-0.15, -0.1) is 0 Å². The average molecular weight is 270 g/mol. The van der Waals surface area contributed by atoms with Crippen molar-refractivity contribution in [3.63, 3.8) is 0 Å². The van der Waals surface area contributed by atoms with Gasteiger partial charge in [-0.3, -0.25) is 9.59 Å². The Morgan fingerprint density at radius 3 is 2.78 bits per heavy atom. The average Bonchev–Trinajstić information content (AvgIpc) is 2.76. The fourth-order valence-corrected chi connectivity index (χ4v) is 4.00. The minimum Gasteiger partial charge on any atom is -0.343 e. The molecule has 18 heavy (non-hydrogen) atoms. The molecule has 2 aliphatic heterocycles. The summed E-state index contributed by atoms with van der Waals surface area (Å²) in [7, 11) is 0. The van der Waals surface area contributed by atoms with E-state index in [1.807, 2.05) is 25.6 Å². The van der Waals surface area contributed by atoms with Gasteiger partial charge in [-0.05, 0) is 38.9 Å². The van der Waals surface area contributed by atoms with Gasteiger partial charge in [0, 0.05) is 11.3 Å². The number of amides is 2. The van der Waals surface area contributed by atoms with Crippen molar-refractivity contribution in [1.29, 1.82) is 0 Å². The van der Waals surface area contributed by atoms with Gasteiger partial charge in [0.1, 0.15) is 12.1 Å². The SMILES string of the molecule is CCC1NC(=O)C(C)N(CC2(C)CCCS2)C1=O. The summed E-state index contributed by atoms with van der Waals surface area (Å²) in [6.07, 6.45) is 3.01. The van der Waals surface area contributed by atoms with Gasteiger partial charge in [-0.1, -0.05) is 6.92 Å². The van der Waals surface area contributed by atoms with Gasteiger partial charge < -0.3 is 10.2 Å². The molecular formula is C13H22N2O2S. The number of piperazine rings is 1. The van der Waals surface area contributed by atoms with E-state index in [2.05, 4.69) is 12.2 Å². The number of nitrogens with one attached hydrogen (secondary N) is 1. The molecule has 0 bridgehead atoms. The lowest BCUT2D eigenvalue weighted by Gasteiger charge is -2.41. The number of hydrogen-bond donors (Lipinski definition) is 1. The summed E-state index contributed by atoms with van der Waals surface area (Å²) in [6, 6.07) is -0.665. The van der Waals surface area contributed by atoms with Gasteiger partial charge in [-0.25, -0.2) is 0 Å². The first-order valence-electron chi connectivity index (χ1n) is 6.71. The van der Waals surface area contributed by atoms with Gasteiger partial charge in [0.2, 0.25) is 11.8 Å². The van der Waals surface area contributed by atoms with Crippen LogP contribution in [-0.4, -0.2) is 45.8 Å². The van der Waals surface area contributed by atoms with Crippen molar-refractivity contribution >= 4 is 23.6 Å². The molecule has 0 aliphatic carbocycles. The molecular weight excluding hydrogens is 248 g/mol. The van der Waals surface area contributed by atoms with Crippen molar-refractivity contribution < 1.29 is 9.59 Å². The number of hydrogen-bond acceptors (Lipinski definition) is 3. The van der Waals surface area contributed by atoms with Crippen LogP contribution in [0.1, 0.15) is 40.0 Å². The zero-order valence-corrected chi connectivity index (χ0v) is 12.2. The first-order chi connectivity index (χ1) is 8.47. The van der Waals surface area contributed by atoms with Crippen molar-refractivity contribution in [2.75, 3.05) is 12.3 Å². The van der Waals surface area contributed by atoms with Crippen LogP contribution in [0.2, 0.25) is 0 Å². The second kappa shape index (κ2) is 5.11. The molecule has 0 spiro atoms. The maximum Gasteiger partial charge on any atom is 0.245 e. The lowest BCUT2D eigenvalue weighted by molar-refractivity contribution is -0.149. The Labute approximate surface area is 113 Å². The van der Waals surface area contributed by atoms with Crippen LogP contribution in [0.5, 0.6) is 0 Å². The largest absolute Gasteiger partial charge is 0.343 e. The molecule has 0 aromatic carbocycles. The van der Waals surface area contributed by atoms with Crippen molar-refractivity contribution in [1.82, 2.24) is 10.2 Å². The van der Waals surface area contributed by atoms with Crippen LogP contribution in [-0.2, 0) is 9.59 Å². The van der Waals surface area contributed by atoms with Crippen LogP contribution in [0.25, 0.3) is 0 Å². The predicted octanol–water partition coefficient (Wildman–Crippen LogP) is 1.40. The minimum absolute atomic E-state index is 0.0203. The highest BCUT2D eigenvalue weighted by Crippen LogP contribution is 2.39. The van der Waals surface area contributed by atoms with E-state index in [4.69, 9.17) is 0 Å². The van der Waals surface area contributed by atoms with E-state index in [0.29, 0.717) is 13.0 Å². The third-order valence-corrected chi connectivity index (χ3v) is 5.48. The monoisotopic (exact) mass is 270 g/mol. The molecule has 2 heterocycles. The molecule has 2 amide bonds. The Bertz CT molecular complexity index is 353. The van der Waals surface area contributed by atoms with Gasteiger partial charge >= 0.3 is 0 Å². The van der Waals surface area contributed by atoms with Crippen molar-refractivity contribution in [2.24, 2.45) is 0 Å². The maximum atomic E-state index is 12.3. The Morgan fingerprint density at radius 2 is 2.22 bits per heavy atom. The normalized spacial score (nSPS) is 36.9. The molecule has 2 saturated heterocycles. The zero-order chi connectivity index (χ0) is 13.3. The Balaban J connectivity index is 2.12. The summed E-state index contributed by atoms with van der Waals surface area (Å²) in [6.45, 7) is 6.66. The highest BCUT2D eigenvalue weighted by Gasteiger charge is 2.41. The Morgan fingerprint density at radius 1 is 1.50 bits per heavy atom. The van der Waals surface area contributed by atoms with Crippen LogP contribution >= 0.6 is 11.8 Å². The first kappa shape index (κ1) is 13.7. The quantitative estimate of drug-likeness (QED) is 0.843. The van der Waals surface area contributed by atoms with Crippen molar-refractivity contribution in [2.45, 2.75) is 56.9 Å². The second-order valence-corrected chi connectivity index (χ2v) is 7.20. The summed E-state index contributed by atoms with van der Waals surface area (Å²) in [5, 5.41) is 2.80. The highest BCUT2D eigenvalue weighted by atomic mass is 32.2. The fraction of sp³-hybridized carbons (Fsp3) is 0.846. The Kier molecular flexibility index (Phi) is 3.90. The van der Waals surface area contributed by atoms with Crippen LogP contribution in [0.4, 0.5) is 0 Å². The van der Waals surface area contributed by atoms with Crippen molar-refractivity contribution in [3.05, 3.63) is 0 Å². The Hall–Kier alpha value is -0.710. The van der Waals surface area contributed by atoms with E-state index < -0.39 is 0 Å². The number of carbonyl (C=O) groups excluding carboxylic acids is 2. The summed E-state index contributed by atoms with van der Waals surface area (Å²) in [5.41, 5.74) is 0. The number of rotatable bonds is 3. The third kappa shape index (κ3) is 2.51. The van der Waals surface area contributed by atoms with Gasteiger partial charge in [0.15, 0.2) is 0 Å². The standard InChI is InChI=1S/C13H22N2O2S/c1-4-10-12(17)15(9(2)11(16)14-10)8-13(3)6-5-7-18-13/h9-10H,4-8H2,1-3H3,(H,14,16). The first-order valence-corrected chi connectivity index (χ1v) is 7.70. The molecule has 2 aliphatic rings. The molecule has 0 saturated carbocycles. The summed E-state index contributed by atoms with van der Waals surface area (Å²) >= 11 is 1.93. The maximum absolute atomic E-state index is 12.3. The van der Waals surface area contributed by atoms with E-state index in [9.17, 15) is 9.59 Å². The van der Waals surface area contributed by atoms with E-state index in [0.717, 1.165) is 12.2 Å². The molecule has 0 radical (unpaired) electrons.